The smallest absolute Gasteiger partial charge is 0.258 e. The van der Waals surface area contributed by atoms with Gasteiger partial charge in [0.2, 0.25) is 0 Å². The Morgan fingerprint density at radius 1 is 1.10 bits per heavy atom. The van der Waals surface area contributed by atoms with Gasteiger partial charge < -0.3 is 15.4 Å². The molecule has 31 heavy (non-hydrogen) atoms. The Hall–Kier alpha value is -3.43. The molecule has 2 N–H and O–H groups in total. The van der Waals surface area contributed by atoms with E-state index in [1.807, 2.05) is 18.2 Å². The monoisotopic (exact) mass is 417 g/mol. The predicted molar refractivity (Wildman–Crippen MR) is 118 cm³/mol. The van der Waals surface area contributed by atoms with E-state index in [-0.39, 0.29) is 5.91 Å². The maximum Gasteiger partial charge on any atom is 0.258 e. The van der Waals surface area contributed by atoms with E-state index >= 15 is 0 Å². The van der Waals surface area contributed by atoms with Crippen LogP contribution in [0.5, 0.6) is 0 Å². The minimum Gasteiger partial charge on any atom is -0.379 e. The molecular formula is C22H23N7O2. The first-order valence-corrected chi connectivity index (χ1v) is 10.4. The van der Waals surface area contributed by atoms with Crippen LogP contribution in [0.25, 0.3) is 22.6 Å². The van der Waals surface area contributed by atoms with E-state index in [0.717, 1.165) is 62.5 Å². The lowest BCUT2D eigenvalue weighted by molar-refractivity contribution is -0.111. The first-order chi connectivity index (χ1) is 15.3. The maximum atomic E-state index is 12.8. The van der Waals surface area contributed by atoms with E-state index in [4.69, 9.17) is 4.74 Å². The third kappa shape index (κ3) is 4.23. The molecule has 4 heterocycles. The number of carbonyl (C=O) groups excluding carboxylic acids is 1. The number of pyridine rings is 2. The van der Waals surface area contributed by atoms with Crippen molar-refractivity contribution in [2.75, 3.05) is 50.0 Å². The molecule has 3 aromatic rings. The van der Waals surface area contributed by atoms with Crippen LogP contribution in [0.15, 0.2) is 36.9 Å². The summed E-state index contributed by atoms with van der Waals surface area (Å²) in [5.41, 5.74) is 3.20. The van der Waals surface area contributed by atoms with Gasteiger partial charge in [0.25, 0.3) is 5.91 Å². The first-order valence-electron chi connectivity index (χ1n) is 10.4. The summed E-state index contributed by atoms with van der Waals surface area (Å²) in [5, 5.41) is 7.03. The molecule has 9 heteroatoms. The Morgan fingerprint density at radius 3 is 2.84 bits per heavy atom. The summed E-state index contributed by atoms with van der Waals surface area (Å²) < 4.78 is 5.37. The molecule has 0 spiro atoms. The average Bonchev–Trinajstić information content (AvgIpc) is 3.19. The van der Waals surface area contributed by atoms with Crippen molar-refractivity contribution in [3.63, 3.8) is 0 Å². The third-order valence-corrected chi connectivity index (χ3v) is 5.44. The third-order valence-electron chi connectivity index (χ3n) is 5.44. The molecular weight excluding hydrogens is 394 g/mol. The molecule has 0 aromatic carbocycles. The van der Waals surface area contributed by atoms with E-state index in [1.165, 1.54) is 6.33 Å². The fourth-order valence-corrected chi connectivity index (χ4v) is 3.84. The number of anilines is 2. The number of nitrogens with zero attached hydrogens (tertiary/aromatic N) is 5. The second-order valence-corrected chi connectivity index (χ2v) is 7.49. The highest BCUT2D eigenvalue weighted by Gasteiger charge is 2.24. The van der Waals surface area contributed by atoms with Gasteiger partial charge in [0, 0.05) is 25.8 Å². The molecule has 1 saturated heterocycles. The normalized spacial score (nSPS) is 15.7. The molecule has 0 saturated carbocycles. The zero-order valence-electron chi connectivity index (χ0n) is 17.0. The molecule has 0 unspecified atom stereocenters. The van der Waals surface area contributed by atoms with Crippen molar-refractivity contribution in [1.82, 2.24) is 24.8 Å². The van der Waals surface area contributed by atoms with Gasteiger partial charge in [-0.3, -0.25) is 14.7 Å². The summed E-state index contributed by atoms with van der Waals surface area (Å²) in [5.74, 6) is 0.542. The van der Waals surface area contributed by atoms with E-state index in [0.29, 0.717) is 22.6 Å². The topological polar surface area (TPSA) is 105 Å². The lowest BCUT2D eigenvalue weighted by Crippen LogP contribution is -2.37. The van der Waals surface area contributed by atoms with Gasteiger partial charge in [0.1, 0.15) is 12.1 Å². The van der Waals surface area contributed by atoms with Crippen LogP contribution in [0.1, 0.15) is 17.8 Å². The zero-order chi connectivity index (χ0) is 21.0. The molecule has 0 bridgehead atoms. The van der Waals surface area contributed by atoms with Gasteiger partial charge in [-0.15, -0.1) is 0 Å². The molecule has 0 radical (unpaired) electrons. The van der Waals surface area contributed by atoms with Crippen LogP contribution in [0.2, 0.25) is 0 Å². The maximum absolute atomic E-state index is 12.8. The Morgan fingerprint density at radius 2 is 2.00 bits per heavy atom. The fourth-order valence-electron chi connectivity index (χ4n) is 3.84. The van der Waals surface area contributed by atoms with Gasteiger partial charge >= 0.3 is 0 Å². The summed E-state index contributed by atoms with van der Waals surface area (Å²) in [7, 11) is 0. The molecule has 158 valence electrons. The van der Waals surface area contributed by atoms with Crippen molar-refractivity contribution >= 4 is 40.0 Å². The SMILES string of the molecule is O=C(Nc1ccc(NCCCN2CCOCC2)nc1)C1=Cc2nccc3ncnc1c23. The standard InChI is InChI=1S/C22H23N7O2/c30-22(16-12-18-20-17(4-6-23-18)26-14-27-21(16)20)28-15-2-3-19(25-13-15)24-5-1-7-29-8-10-31-11-9-29/h2-4,6,12-14H,1,5,7-11H2,(H,24,25)(H,28,30). The number of nitrogens with one attached hydrogen (secondary N) is 2. The number of carbonyl (C=O) groups is 1. The van der Waals surface area contributed by atoms with Crippen LogP contribution in [-0.2, 0) is 9.53 Å². The second-order valence-electron chi connectivity index (χ2n) is 7.49. The number of ether oxygens (including phenoxy) is 1. The zero-order valence-corrected chi connectivity index (χ0v) is 17.0. The van der Waals surface area contributed by atoms with Crippen LogP contribution >= 0.6 is 0 Å². The predicted octanol–water partition coefficient (Wildman–Crippen LogP) is 2.05. The molecule has 1 aliphatic heterocycles. The van der Waals surface area contributed by atoms with Crippen molar-refractivity contribution in [3.8, 4) is 0 Å². The van der Waals surface area contributed by atoms with E-state index < -0.39 is 0 Å². The summed E-state index contributed by atoms with van der Waals surface area (Å²) in [6.45, 7) is 5.55. The van der Waals surface area contributed by atoms with Crippen molar-refractivity contribution in [3.05, 3.63) is 48.3 Å². The van der Waals surface area contributed by atoms with Crippen LogP contribution in [0, 0.1) is 0 Å². The number of amides is 1. The quantitative estimate of drug-likeness (QED) is 0.563. The number of morpholine rings is 1. The lowest BCUT2D eigenvalue weighted by atomic mass is 10.1. The van der Waals surface area contributed by atoms with Crippen LogP contribution in [0.3, 0.4) is 0 Å². The molecule has 1 aliphatic carbocycles. The van der Waals surface area contributed by atoms with Crippen LogP contribution in [-0.4, -0.2) is 70.1 Å². The number of rotatable bonds is 7. The number of hydrogen-bond donors (Lipinski definition) is 2. The molecule has 0 atom stereocenters. The number of hydrogen-bond acceptors (Lipinski definition) is 8. The Bertz CT molecular complexity index is 1120. The van der Waals surface area contributed by atoms with Crippen LogP contribution in [0.4, 0.5) is 11.5 Å². The molecule has 2 aliphatic rings. The van der Waals surface area contributed by atoms with Gasteiger partial charge in [-0.2, -0.15) is 0 Å². The molecule has 5 rings (SSSR count). The first kappa shape index (κ1) is 19.5. The summed E-state index contributed by atoms with van der Waals surface area (Å²) in [6, 6.07) is 5.52. The average molecular weight is 417 g/mol. The van der Waals surface area contributed by atoms with Gasteiger partial charge in [0.05, 0.1) is 53.0 Å². The van der Waals surface area contributed by atoms with Crippen molar-refractivity contribution < 1.29 is 9.53 Å². The summed E-state index contributed by atoms with van der Waals surface area (Å²) in [6.07, 6.45) is 7.59. The minimum absolute atomic E-state index is 0.244. The minimum atomic E-state index is -0.244. The highest BCUT2D eigenvalue weighted by molar-refractivity contribution is 6.33. The Balaban J connectivity index is 1.16. The summed E-state index contributed by atoms with van der Waals surface area (Å²) >= 11 is 0. The van der Waals surface area contributed by atoms with Crippen molar-refractivity contribution in [2.45, 2.75) is 6.42 Å². The van der Waals surface area contributed by atoms with E-state index in [9.17, 15) is 4.79 Å². The Labute approximate surface area is 179 Å². The molecule has 9 nitrogen and oxygen atoms in total. The van der Waals surface area contributed by atoms with E-state index in [2.05, 4.69) is 35.5 Å². The lowest BCUT2D eigenvalue weighted by Gasteiger charge is -2.26. The number of aromatic nitrogens is 4. The largest absolute Gasteiger partial charge is 0.379 e. The molecule has 3 aromatic heterocycles. The molecule has 1 amide bonds. The Kier molecular flexibility index (Phi) is 5.51. The fraction of sp³-hybridized carbons (Fsp3) is 0.318. The van der Waals surface area contributed by atoms with E-state index in [1.54, 1.807) is 18.5 Å². The second kappa shape index (κ2) is 8.75. The molecule has 1 fully saturated rings. The highest BCUT2D eigenvalue weighted by Crippen LogP contribution is 2.33. The van der Waals surface area contributed by atoms with Crippen LogP contribution < -0.4 is 10.6 Å². The van der Waals surface area contributed by atoms with Gasteiger partial charge in [-0.1, -0.05) is 0 Å². The highest BCUT2D eigenvalue weighted by atomic mass is 16.5. The summed E-state index contributed by atoms with van der Waals surface area (Å²) in [4.78, 5) is 32.5. The van der Waals surface area contributed by atoms with Crippen molar-refractivity contribution in [2.24, 2.45) is 0 Å². The van der Waals surface area contributed by atoms with Gasteiger partial charge in [-0.25, -0.2) is 15.0 Å². The van der Waals surface area contributed by atoms with Crippen molar-refractivity contribution in [1.29, 1.82) is 0 Å². The van der Waals surface area contributed by atoms with Gasteiger partial charge in [0.15, 0.2) is 0 Å². The van der Waals surface area contributed by atoms with Gasteiger partial charge in [-0.05, 0) is 37.2 Å².